The standard InChI is InChI=1S/C35H42O22/c1-14(36)46-12-25-27(48-16(3)38)29(50-18(5)40)31(52-20(7)42)34(56-25)54-23-10-9-22(33(44)45)11-24(23)55-35-32(53-21(8)43)30(51-19(6)41)28(49-17(4)39)26(57-35)13-47-15(2)37/h9-11,25-32,34-35H,12-13H2,1-8H3,(H,44,45). The molecular formula is C35H42O22. The third-order valence-electron chi connectivity index (χ3n) is 7.57. The lowest BCUT2D eigenvalue weighted by Gasteiger charge is -2.44. The van der Waals surface area contributed by atoms with E-state index in [4.69, 9.17) is 56.8 Å². The number of carbonyl (C=O) groups is 9. The van der Waals surface area contributed by atoms with Crippen LogP contribution in [0.4, 0.5) is 0 Å². The van der Waals surface area contributed by atoms with E-state index >= 15 is 0 Å². The fourth-order valence-corrected chi connectivity index (χ4v) is 5.65. The lowest BCUT2D eigenvalue weighted by Crippen LogP contribution is -2.64. The van der Waals surface area contributed by atoms with Gasteiger partial charge in [0.25, 0.3) is 0 Å². The van der Waals surface area contributed by atoms with Crippen molar-refractivity contribution in [1.29, 1.82) is 0 Å². The van der Waals surface area contributed by atoms with E-state index in [0.717, 1.165) is 73.6 Å². The molecule has 0 saturated carbocycles. The SMILES string of the molecule is CC(=O)OCC1OC(Oc2ccc(C(=O)O)cc2OC2OC(COC(C)=O)C(OC(C)=O)C(OC(C)=O)C2OC(C)=O)C(OC(C)=O)C(OC(C)=O)C1OC(C)=O. The van der Waals surface area contributed by atoms with Gasteiger partial charge in [-0.25, -0.2) is 4.79 Å². The Morgan fingerprint density at radius 1 is 0.474 bits per heavy atom. The average Bonchev–Trinajstić information content (AvgIpc) is 3.07. The Morgan fingerprint density at radius 3 is 1.14 bits per heavy atom. The molecule has 314 valence electrons. The van der Waals surface area contributed by atoms with Gasteiger partial charge in [-0.05, 0) is 18.2 Å². The van der Waals surface area contributed by atoms with Gasteiger partial charge in [0.1, 0.15) is 25.4 Å². The minimum Gasteiger partial charge on any atom is -0.478 e. The highest BCUT2D eigenvalue weighted by molar-refractivity contribution is 5.88. The molecular weight excluding hydrogens is 772 g/mol. The van der Waals surface area contributed by atoms with Crippen molar-refractivity contribution >= 4 is 53.7 Å². The Hall–Kier alpha value is -6.03. The van der Waals surface area contributed by atoms with Crippen LogP contribution in [-0.2, 0) is 85.7 Å². The Kier molecular flexibility index (Phi) is 16.1. The van der Waals surface area contributed by atoms with Crippen LogP contribution in [-0.4, -0.2) is 133 Å². The number of esters is 8. The first kappa shape index (κ1) is 45.4. The highest BCUT2D eigenvalue weighted by Crippen LogP contribution is 2.38. The number of ether oxygens (including phenoxy) is 12. The fraction of sp³-hybridized carbons (Fsp3) is 0.571. The van der Waals surface area contributed by atoms with Gasteiger partial charge in [0, 0.05) is 55.4 Å². The summed E-state index contributed by atoms with van der Waals surface area (Å²) in [7, 11) is 0. The van der Waals surface area contributed by atoms with Crippen molar-refractivity contribution < 1.29 is 105 Å². The predicted octanol–water partition coefficient (Wildman–Crippen LogP) is 0.309. The van der Waals surface area contributed by atoms with E-state index in [1.165, 1.54) is 0 Å². The van der Waals surface area contributed by atoms with Crippen LogP contribution in [0, 0.1) is 0 Å². The first-order valence-electron chi connectivity index (χ1n) is 17.0. The molecule has 0 radical (unpaired) electrons. The second-order valence-corrected chi connectivity index (χ2v) is 12.3. The largest absolute Gasteiger partial charge is 0.478 e. The van der Waals surface area contributed by atoms with Crippen LogP contribution < -0.4 is 9.47 Å². The molecule has 22 nitrogen and oxygen atoms in total. The van der Waals surface area contributed by atoms with Crippen molar-refractivity contribution in [2.45, 2.75) is 117 Å². The van der Waals surface area contributed by atoms with Crippen LogP contribution in [0.3, 0.4) is 0 Å². The lowest BCUT2D eigenvalue weighted by atomic mass is 9.98. The molecule has 1 aromatic carbocycles. The minimum absolute atomic E-state index is 0.409. The maximum atomic E-state index is 12.4. The number of carbonyl (C=O) groups excluding carboxylic acids is 8. The molecule has 0 aliphatic carbocycles. The van der Waals surface area contributed by atoms with Crippen molar-refractivity contribution in [1.82, 2.24) is 0 Å². The van der Waals surface area contributed by atoms with E-state index in [2.05, 4.69) is 0 Å². The zero-order valence-corrected chi connectivity index (χ0v) is 31.9. The molecule has 57 heavy (non-hydrogen) atoms. The number of carboxylic acid groups (broad SMARTS) is 1. The first-order valence-corrected chi connectivity index (χ1v) is 17.0. The van der Waals surface area contributed by atoms with Crippen molar-refractivity contribution in [2.24, 2.45) is 0 Å². The van der Waals surface area contributed by atoms with Crippen molar-refractivity contribution in [2.75, 3.05) is 13.2 Å². The number of hydrogen-bond donors (Lipinski definition) is 1. The molecule has 22 heteroatoms. The second kappa shape index (κ2) is 20.2. The topological polar surface area (TPSA) is 285 Å². The van der Waals surface area contributed by atoms with E-state index in [1.54, 1.807) is 0 Å². The van der Waals surface area contributed by atoms with Crippen LogP contribution in [0.1, 0.15) is 65.7 Å². The summed E-state index contributed by atoms with van der Waals surface area (Å²) >= 11 is 0. The predicted molar refractivity (Wildman–Crippen MR) is 179 cm³/mol. The van der Waals surface area contributed by atoms with Crippen LogP contribution in [0.15, 0.2) is 18.2 Å². The van der Waals surface area contributed by atoms with Gasteiger partial charge in [-0.1, -0.05) is 0 Å². The third kappa shape index (κ3) is 13.3. The molecule has 0 bridgehead atoms. The second-order valence-electron chi connectivity index (χ2n) is 12.3. The van der Waals surface area contributed by atoms with Gasteiger partial charge < -0.3 is 61.9 Å². The van der Waals surface area contributed by atoms with E-state index < -0.39 is 145 Å². The monoisotopic (exact) mass is 814 g/mol. The summed E-state index contributed by atoms with van der Waals surface area (Å²) in [5.74, 6) is -9.55. The highest BCUT2D eigenvalue weighted by Gasteiger charge is 2.55. The van der Waals surface area contributed by atoms with E-state index in [9.17, 15) is 48.3 Å². The van der Waals surface area contributed by atoms with Gasteiger partial charge >= 0.3 is 53.7 Å². The third-order valence-corrected chi connectivity index (χ3v) is 7.57. The Morgan fingerprint density at radius 2 is 0.807 bits per heavy atom. The zero-order chi connectivity index (χ0) is 42.7. The quantitative estimate of drug-likeness (QED) is 0.184. The molecule has 0 spiro atoms. The highest BCUT2D eigenvalue weighted by atomic mass is 16.8. The van der Waals surface area contributed by atoms with Crippen LogP contribution in [0.25, 0.3) is 0 Å². The number of rotatable bonds is 15. The number of benzene rings is 1. The summed E-state index contributed by atoms with van der Waals surface area (Å²) in [6.07, 6.45) is -16.6. The molecule has 2 aliphatic rings. The van der Waals surface area contributed by atoms with Crippen molar-refractivity contribution in [3.05, 3.63) is 23.8 Å². The summed E-state index contributed by atoms with van der Waals surface area (Å²) in [4.78, 5) is 109. The molecule has 1 aromatic rings. The van der Waals surface area contributed by atoms with E-state index in [1.807, 2.05) is 0 Å². The van der Waals surface area contributed by atoms with Crippen LogP contribution in [0.5, 0.6) is 11.5 Å². The zero-order valence-electron chi connectivity index (χ0n) is 31.9. The maximum Gasteiger partial charge on any atom is 0.335 e. The molecule has 10 atom stereocenters. The first-order chi connectivity index (χ1) is 26.7. The van der Waals surface area contributed by atoms with Gasteiger partial charge in [0.05, 0.1) is 5.56 Å². The molecule has 0 amide bonds. The molecule has 2 fully saturated rings. The van der Waals surface area contributed by atoms with Crippen molar-refractivity contribution in [3.63, 3.8) is 0 Å². The van der Waals surface area contributed by atoms with Gasteiger partial charge in [-0.2, -0.15) is 0 Å². The minimum atomic E-state index is -1.88. The Bertz CT molecular complexity index is 1700. The van der Waals surface area contributed by atoms with Gasteiger partial charge in [0.2, 0.25) is 24.8 Å². The molecule has 3 rings (SSSR count). The van der Waals surface area contributed by atoms with Crippen molar-refractivity contribution in [3.8, 4) is 11.5 Å². The molecule has 2 saturated heterocycles. The number of hydrogen-bond acceptors (Lipinski definition) is 21. The Labute approximate surface area is 324 Å². The summed E-state index contributed by atoms with van der Waals surface area (Å²) in [5, 5.41) is 9.86. The molecule has 2 heterocycles. The molecule has 10 unspecified atom stereocenters. The van der Waals surface area contributed by atoms with Crippen LogP contribution >= 0.6 is 0 Å². The summed E-state index contributed by atoms with van der Waals surface area (Å²) in [5.41, 5.74) is -0.412. The molecule has 1 N–H and O–H groups in total. The fourth-order valence-electron chi connectivity index (χ4n) is 5.65. The Balaban J connectivity index is 2.20. The van der Waals surface area contributed by atoms with Crippen LogP contribution in [0.2, 0.25) is 0 Å². The number of aromatic carboxylic acids is 1. The van der Waals surface area contributed by atoms with Gasteiger partial charge in [-0.15, -0.1) is 0 Å². The maximum absolute atomic E-state index is 12.4. The summed E-state index contributed by atoms with van der Waals surface area (Å²) < 4.78 is 66.7. The smallest absolute Gasteiger partial charge is 0.335 e. The molecule has 0 aromatic heterocycles. The van der Waals surface area contributed by atoms with Gasteiger partial charge in [0.15, 0.2) is 35.9 Å². The van der Waals surface area contributed by atoms with Gasteiger partial charge in [-0.3, -0.25) is 38.4 Å². The summed E-state index contributed by atoms with van der Waals surface area (Å²) in [6, 6.07) is 3.05. The van der Waals surface area contributed by atoms with E-state index in [-0.39, 0.29) is 0 Å². The number of carboxylic acids is 1. The normalized spacial score (nSPS) is 26.6. The summed E-state index contributed by atoms with van der Waals surface area (Å²) in [6.45, 7) is 6.94. The van der Waals surface area contributed by atoms with E-state index in [0.29, 0.717) is 0 Å². The lowest BCUT2D eigenvalue weighted by molar-refractivity contribution is -0.292. The average molecular weight is 815 g/mol. The molecule has 2 aliphatic heterocycles.